The van der Waals surface area contributed by atoms with E-state index >= 15 is 0 Å². The quantitative estimate of drug-likeness (QED) is 0.580. The maximum absolute atomic E-state index is 13.3. The fourth-order valence-corrected chi connectivity index (χ4v) is 2.67. The lowest BCUT2D eigenvalue weighted by molar-refractivity contribution is 0.619. The molecule has 0 fully saturated rings. The second-order valence-electron chi connectivity index (χ2n) is 5.39. The molecule has 0 N–H and O–H groups in total. The second kappa shape index (κ2) is 6.08. The first-order valence-electron chi connectivity index (χ1n) is 7.52. The van der Waals surface area contributed by atoms with Crippen molar-refractivity contribution in [1.29, 1.82) is 0 Å². The fraction of sp³-hybridized carbons (Fsp3) is 0.0556. The van der Waals surface area contributed by atoms with Gasteiger partial charge in [0, 0.05) is 12.4 Å². The number of hydrogen-bond donors (Lipinski definition) is 0. The lowest BCUT2D eigenvalue weighted by Gasteiger charge is -2.16. The molecule has 5 nitrogen and oxygen atoms in total. The van der Waals surface area contributed by atoms with Crippen LogP contribution in [-0.4, -0.2) is 24.5 Å². The highest BCUT2D eigenvalue weighted by Gasteiger charge is 2.20. The van der Waals surface area contributed by atoms with Crippen molar-refractivity contribution in [3.05, 3.63) is 96.6 Å². The SMILES string of the molecule is Fc1ccc(C(c2cn(-c3ccccc3)nn2)n2ccnc2)cc1. The van der Waals surface area contributed by atoms with Gasteiger partial charge in [0.1, 0.15) is 17.6 Å². The normalized spacial score (nSPS) is 12.2. The van der Waals surface area contributed by atoms with E-state index in [-0.39, 0.29) is 11.9 Å². The molecule has 0 saturated carbocycles. The number of nitrogens with zero attached hydrogens (tertiary/aromatic N) is 5. The molecule has 4 rings (SSSR count). The summed E-state index contributed by atoms with van der Waals surface area (Å²) in [6.45, 7) is 0. The summed E-state index contributed by atoms with van der Waals surface area (Å²) in [7, 11) is 0. The van der Waals surface area contributed by atoms with E-state index in [1.54, 1.807) is 29.3 Å². The molecule has 2 heterocycles. The highest BCUT2D eigenvalue weighted by atomic mass is 19.1. The molecule has 0 bridgehead atoms. The molecule has 0 aliphatic rings. The van der Waals surface area contributed by atoms with Crippen molar-refractivity contribution >= 4 is 0 Å². The maximum Gasteiger partial charge on any atom is 0.123 e. The average Bonchev–Trinajstić information content (AvgIpc) is 3.30. The van der Waals surface area contributed by atoms with E-state index in [1.165, 1.54) is 12.1 Å². The zero-order valence-electron chi connectivity index (χ0n) is 12.7. The maximum atomic E-state index is 13.3. The standard InChI is InChI=1S/C18H14FN5/c19-15-8-6-14(7-9-15)18(23-11-10-20-13-23)17-12-24(22-21-17)16-4-2-1-3-5-16/h1-13,18H. The largest absolute Gasteiger partial charge is 0.324 e. The topological polar surface area (TPSA) is 48.5 Å². The zero-order chi connectivity index (χ0) is 16.4. The molecule has 2 aromatic heterocycles. The van der Waals surface area contributed by atoms with Crippen LogP contribution in [0.4, 0.5) is 4.39 Å². The summed E-state index contributed by atoms with van der Waals surface area (Å²) in [6, 6.07) is 15.9. The Morgan fingerprint density at radius 1 is 0.958 bits per heavy atom. The zero-order valence-corrected chi connectivity index (χ0v) is 12.7. The Morgan fingerprint density at radius 2 is 1.75 bits per heavy atom. The van der Waals surface area contributed by atoms with Gasteiger partial charge in [-0.05, 0) is 29.8 Å². The third-order valence-electron chi connectivity index (χ3n) is 3.82. The van der Waals surface area contributed by atoms with Gasteiger partial charge >= 0.3 is 0 Å². The Morgan fingerprint density at radius 3 is 2.46 bits per heavy atom. The van der Waals surface area contributed by atoms with Crippen LogP contribution in [0.25, 0.3) is 5.69 Å². The van der Waals surface area contributed by atoms with Gasteiger partial charge < -0.3 is 4.57 Å². The van der Waals surface area contributed by atoms with Gasteiger partial charge in [-0.3, -0.25) is 0 Å². The molecule has 24 heavy (non-hydrogen) atoms. The summed E-state index contributed by atoms with van der Waals surface area (Å²) < 4.78 is 16.9. The van der Waals surface area contributed by atoms with Gasteiger partial charge in [0.05, 0.1) is 18.2 Å². The van der Waals surface area contributed by atoms with Crippen LogP contribution in [0.1, 0.15) is 17.3 Å². The van der Waals surface area contributed by atoms with Gasteiger partial charge in [-0.15, -0.1) is 5.10 Å². The number of rotatable bonds is 4. The molecule has 0 amide bonds. The van der Waals surface area contributed by atoms with Gasteiger partial charge in [-0.1, -0.05) is 35.5 Å². The van der Waals surface area contributed by atoms with Crippen LogP contribution < -0.4 is 0 Å². The summed E-state index contributed by atoms with van der Waals surface area (Å²) in [4.78, 5) is 4.11. The van der Waals surface area contributed by atoms with Crippen LogP contribution in [0.3, 0.4) is 0 Å². The van der Waals surface area contributed by atoms with Crippen molar-refractivity contribution in [3.8, 4) is 5.69 Å². The Kier molecular flexibility index (Phi) is 3.63. The van der Waals surface area contributed by atoms with E-state index in [0.717, 1.165) is 16.9 Å². The molecule has 0 spiro atoms. The number of benzene rings is 2. The minimum Gasteiger partial charge on any atom is -0.324 e. The molecular formula is C18H14FN5. The predicted octanol–water partition coefficient (Wildman–Crippen LogP) is 3.24. The fourth-order valence-electron chi connectivity index (χ4n) is 2.67. The Balaban J connectivity index is 1.77. The minimum atomic E-state index is -0.268. The first-order valence-corrected chi connectivity index (χ1v) is 7.52. The molecule has 6 heteroatoms. The van der Waals surface area contributed by atoms with E-state index in [2.05, 4.69) is 15.3 Å². The number of aromatic nitrogens is 5. The molecule has 0 aliphatic heterocycles. The van der Waals surface area contributed by atoms with E-state index in [4.69, 9.17) is 0 Å². The number of halogens is 1. The van der Waals surface area contributed by atoms with Crippen LogP contribution >= 0.6 is 0 Å². The third-order valence-corrected chi connectivity index (χ3v) is 3.82. The third kappa shape index (κ3) is 2.69. The minimum absolute atomic E-state index is 0.217. The Labute approximate surface area is 138 Å². The number of para-hydroxylation sites is 1. The summed E-state index contributed by atoms with van der Waals surface area (Å²) in [5.41, 5.74) is 2.60. The van der Waals surface area contributed by atoms with E-state index < -0.39 is 0 Å². The molecule has 118 valence electrons. The van der Waals surface area contributed by atoms with Crippen LogP contribution in [0.2, 0.25) is 0 Å². The van der Waals surface area contributed by atoms with Crippen molar-refractivity contribution in [2.24, 2.45) is 0 Å². The van der Waals surface area contributed by atoms with Crippen molar-refractivity contribution in [2.45, 2.75) is 6.04 Å². The smallest absolute Gasteiger partial charge is 0.123 e. The van der Waals surface area contributed by atoms with Gasteiger partial charge in [0.25, 0.3) is 0 Å². The first kappa shape index (κ1) is 14.3. The van der Waals surface area contributed by atoms with E-state index in [9.17, 15) is 4.39 Å². The number of imidazole rings is 1. The molecule has 0 radical (unpaired) electrons. The highest BCUT2D eigenvalue weighted by molar-refractivity contribution is 5.33. The average molecular weight is 319 g/mol. The van der Waals surface area contributed by atoms with E-state index in [1.807, 2.05) is 47.3 Å². The van der Waals surface area contributed by atoms with Gasteiger partial charge in [-0.2, -0.15) is 0 Å². The molecule has 1 unspecified atom stereocenters. The lowest BCUT2D eigenvalue weighted by Crippen LogP contribution is -2.11. The van der Waals surface area contributed by atoms with Crippen LogP contribution in [-0.2, 0) is 0 Å². The van der Waals surface area contributed by atoms with Crippen LogP contribution in [0.15, 0.2) is 79.5 Å². The van der Waals surface area contributed by atoms with Gasteiger partial charge in [-0.25, -0.2) is 14.1 Å². The molecule has 1 atom stereocenters. The highest BCUT2D eigenvalue weighted by Crippen LogP contribution is 2.25. The predicted molar refractivity (Wildman–Crippen MR) is 87.2 cm³/mol. The van der Waals surface area contributed by atoms with Crippen LogP contribution in [0, 0.1) is 5.82 Å². The monoisotopic (exact) mass is 319 g/mol. The molecule has 2 aromatic carbocycles. The summed E-state index contributed by atoms with van der Waals surface area (Å²) in [5, 5.41) is 8.54. The van der Waals surface area contributed by atoms with Gasteiger partial charge in [0.2, 0.25) is 0 Å². The van der Waals surface area contributed by atoms with Crippen molar-refractivity contribution in [2.75, 3.05) is 0 Å². The summed E-state index contributed by atoms with van der Waals surface area (Å²) in [6.07, 6.45) is 7.16. The Hall–Kier alpha value is -3.28. The van der Waals surface area contributed by atoms with E-state index in [0.29, 0.717) is 0 Å². The first-order chi connectivity index (χ1) is 11.8. The van der Waals surface area contributed by atoms with Crippen LogP contribution in [0.5, 0.6) is 0 Å². The van der Waals surface area contributed by atoms with Crippen molar-refractivity contribution in [3.63, 3.8) is 0 Å². The number of hydrogen-bond acceptors (Lipinski definition) is 3. The van der Waals surface area contributed by atoms with Gasteiger partial charge in [0.15, 0.2) is 0 Å². The lowest BCUT2D eigenvalue weighted by atomic mass is 10.0. The summed E-state index contributed by atoms with van der Waals surface area (Å²) >= 11 is 0. The van der Waals surface area contributed by atoms with Crippen molar-refractivity contribution < 1.29 is 4.39 Å². The molecule has 0 aliphatic carbocycles. The second-order valence-corrected chi connectivity index (χ2v) is 5.39. The van der Waals surface area contributed by atoms with Crippen molar-refractivity contribution in [1.82, 2.24) is 24.5 Å². The summed E-state index contributed by atoms with van der Waals surface area (Å²) in [5.74, 6) is -0.268. The molecule has 4 aromatic rings. The Bertz CT molecular complexity index is 914. The molecular weight excluding hydrogens is 305 g/mol. The molecule has 0 saturated heterocycles.